The molecule has 0 atom stereocenters. The van der Waals surface area contributed by atoms with Crippen LogP contribution in [0.4, 0.5) is 0 Å². The summed E-state index contributed by atoms with van der Waals surface area (Å²) in [7, 11) is 0. The van der Waals surface area contributed by atoms with Gasteiger partial charge in [-0.15, -0.1) is 0 Å². The molecule has 0 amide bonds. The zero-order valence-electron chi connectivity index (χ0n) is 10.7. The maximum absolute atomic E-state index is 12.1. The molecule has 4 nitrogen and oxygen atoms in total. The van der Waals surface area contributed by atoms with E-state index in [1.807, 2.05) is 0 Å². The lowest BCUT2D eigenvalue weighted by Crippen LogP contribution is -2.01. The zero-order chi connectivity index (χ0) is 15.0. The first-order chi connectivity index (χ1) is 10.0. The van der Waals surface area contributed by atoms with Gasteiger partial charge in [0.25, 0.3) is 0 Å². The molecule has 1 aromatic heterocycles. The van der Waals surface area contributed by atoms with Gasteiger partial charge in [-0.3, -0.25) is 4.79 Å². The fourth-order valence-electron chi connectivity index (χ4n) is 2.08. The summed E-state index contributed by atoms with van der Waals surface area (Å²) in [4.78, 5) is 23.1. The van der Waals surface area contributed by atoms with Gasteiger partial charge in [-0.25, -0.2) is 4.79 Å². The number of halogens is 1. The van der Waals surface area contributed by atoms with Crippen LogP contribution in [0.5, 0.6) is 0 Å². The number of carbonyl (C=O) groups is 1. The SMILES string of the molecule is O=C(O)c1cccc(-c2cc(=O)c3cc(Cl)ccc3o2)c1. The van der Waals surface area contributed by atoms with Gasteiger partial charge in [0.15, 0.2) is 5.43 Å². The lowest BCUT2D eigenvalue weighted by molar-refractivity contribution is 0.0697. The third-order valence-electron chi connectivity index (χ3n) is 3.08. The van der Waals surface area contributed by atoms with E-state index in [4.69, 9.17) is 21.1 Å². The Hall–Kier alpha value is -2.59. The molecule has 0 saturated carbocycles. The van der Waals surface area contributed by atoms with Crippen molar-refractivity contribution in [2.75, 3.05) is 0 Å². The van der Waals surface area contributed by atoms with Crippen LogP contribution in [0.1, 0.15) is 10.4 Å². The van der Waals surface area contributed by atoms with Gasteiger partial charge in [0.05, 0.1) is 10.9 Å². The van der Waals surface area contributed by atoms with Crippen molar-refractivity contribution < 1.29 is 14.3 Å². The Morgan fingerprint density at radius 1 is 1.10 bits per heavy atom. The largest absolute Gasteiger partial charge is 0.478 e. The molecule has 3 rings (SSSR count). The van der Waals surface area contributed by atoms with Crippen LogP contribution < -0.4 is 5.43 Å². The first kappa shape index (κ1) is 13.4. The third-order valence-corrected chi connectivity index (χ3v) is 3.32. The van der Waals surface area contributed by atoms with Crippen molar-refractivity contribution >= 4 is 28.5 Å². The van der Waals surface area contributed by atoms with Crippen molar-refractivity contribution in [1.82, 2.24) is 0 Å². The van der Waals surface area contributed by atoms with Crippen LogP contribution in [-0.2, 0) is 0 Å². The van der Waals surface area contributed by atoms with Crippen LogP contribution in [0.3, 0.4) is 0 Å². The highest BCUT2D eigenvalue weighted by molar-refractivity contribution is 6.31. The number of hydrogen-bond donors (Lipinski definition) is 1. The van der Waals surface area contributed by atoms with E-state index in [1.165, 1.54) is 18.2 Å². The maximum atomic E-state index is 12.1. The Kier molecular flexibility index (Phi) is 3.23. The molecule has 21 heavy (non-hydrogen) atoms. The highest BCUT2D eigenvalue weighted by Crippen LogP contribution is 2.24. The molecule has 1 N–H and O–H groups in total. The number of hydrogen-bond acceptors (Lipinski definition) is 3. The average molecular weight is 301 g/mol. The van der Waals surface area contributed by atoms with E-state index in [9.17, 15) is 9.59 Å². The van der Waals surface area contributed by atoms with E-state index in [0.717, 1.165) is 0 Å². The van der Waals surface area contributed by atoms with Gasteiger partial charge in [-0.2, -0.15) is 0 Å². The quantitative estimate of drug-likeness (QED) is 0.781. The Morgan fingerprint density at radius 2 is 1.90 bits per heavy atom. The van der Waals surface area contributed by atoms with Gasteiger partial charge < -0.3 is 9.52 Å². The molecule has 0 aliphatic carbocycles. The Labute approximate surface area is 124 Å². The van der Waals surface area contributed by atoms with Gasteiger partial charge >= 0.3 is 5.97 Å². The van der Waals surface area contributed by atoms with E-state index in [0.29, 0.717) is 27.3 Å². The molecule has 3 aromatic rings. The minimum atomic E-state index is -1.04. The molecule has 5 heteroatoms. The van der Waals surface area contributed by atoms with Gasteiger partial charge in [0.1, 0.15) is 11.3 Å². The molecule has 1 heterocycles. The Balaban J connectivity index is 2.22. The van der Waals surface area contributed by atoms with Gasteiger partial charge in [-0.1, -0.05) is 23.7 Å². The van der Waals surface area contributed by atoms with E-state index >= 15 is 0 Å². The topological polar surface area (TPSA) is 67.5 Å². The number of carboxylic acids is 1. The smallest absolute Gasteiger partial charge is 0.335 e. The van der Waals surface area contributed by atoms with Crippen molar-refractivity contribution in [2.24, 2.45) is 0 Å². The fourth-order valence-corrected chi connectivity index (χ4v) is 2.25. The molecule has 0 aliphatic heterocycles. The lowest BCUT2D eigenvalue weighted by atomic mass is 10.1. The lowest BCUT2D eigenvalue weighted by Gasteiger charge is -2.04. The summed E-state index contributed by atoms with van der Waals surface area (Å²) in [6, 6.07) is 12.3. The van der Waals surface area contributed by atoms with Gasteiger partial charge in [0.2, 0.25) is 0 Å². The van der Waals surface area contributed by atoms with Gasteiger partial charge in [-0.05, 0) is 30.3 Å². The van der Waals surface area contributed by atoms with Crippen LogP contribution in [0.2, 0.25) is 5.02 Å². The first-order valence-corrected chi connectivity index (χ1v) is 6.49. The van der Waals surface area contributed by atoms with Crippen molar-refractivity contribution in [2.45, 2.75) is 0 Å². The summed E-state index contributed by atoms with van der Waals surface area (Å²) >= 11 is 5.86. The molecule has 2 aromatic carbocycles. The predicted molar refractivity (Wildman–Crippen MR) is 79.9 cm³/mol. The first-order valence-electron chi connectivity index (χ1n) is 6.12. The molecule has 0 bridgehead atoms. The average Bonchev–Trinajstić information content (AvgIpc) is 2.48. The Bertz CT molecular complexity index is 912. The van der Waals surface area contributed by atoms with E-state index in [-0.39, 0.29) is 11.0 Å². The molecule has 0 fully saturated rings. The number of aromatic carboxylic acids is 1. The van der Waals surface area contributed by atoms with Crippen LogP contribution in [0.15, 0.2) is 57.7 Å². The summed E-state index contributed by atoms with van der Waals surface area (Å²) in [5, 5.41) is 9.85. The van der Waals surface area contributed by atoms with E-state index in [1.54, 1.807) is 30.3 Å². The van der Waals surface area contributed by atoms with Crippen molar-refractivity contribution in [3.8, 4) is 11.3 Å². The molecule has 0 aliphatic rings. The maximum Gasteiger partial charge on any atom is 0.335 e. The summed E-state index contributed by atoms with van der Waals surface area (Å²) < 4.78 is 5.67. The highest BCUT2D eigenvalue weighted by Gasteiger charge is 2.10. The number of benzene rings is 2. The summed E-state index contributed by atoms with van der Waals surface area (Å²) in [6.45, 7) is 0. The number of rotatable bonds is 2. The molecule has 0 radical (unpaired) electrons. The normalized spacial score (nSPS) is 10.7. The molecule has 0 spiro atoms. The second kappa shape index (κ2) is 5.07. The van der Waals surface area contributed by atoms with Crippen LogP contribution in [-0.4, -0.2) is 11.1 Å². The molecular formula is C16H9ClO4. The highest BCUT2D eigenvalue weighted by atomic mass is 35.5. The predicted octanol–water partition coefficient (Wildman–Crippen LogP) is 3.81. The van der Waals surface area contributed by atoms with Crippen LogP contribution in [0, 0.1) is 0 Å². The second-order valence-electron chi connectivity index (χ2n) is 4.50. The molecule has 104 valence electrons. The van der Waals surface area contributed by atoms with Crippen molar-refractivity contribution in [1.29, 1.82) is 0 Å². The van der Waals surface area contributed by atoms with E-state index < -0.39 is 5.97 Å². The number of fused-ring (bicyclic) bond motifs is 1. The zero-order valence-corrected chi connectivity index (χ0v) is 11.4. The summed E-state index contributed by atoms with van der Waals surface area (Å²) in [6.07, 6.45) is 0. The molecule has 0 unspecified atom stereocenters. The second-order valence-corrected chi connectivity index (χ2v) is 4.94. The monoisotopic (exact) mass is 300 g/mol. The number of carboxylic acid groups (broad SMARTS) is 1. The van der Waals surface area contributed by atoms with E-state index in [2.05, 4.69) is 0 Å². The fraction of sp³-hybridized carbons (Fsp3) is 0. The van der Waals surface area contributed by atoms with Crippen molar-refractivity contribution in [3.05, 3.63) is 69.3 Å². The van der Waals surface area contributed by atoms with Crippen molar-refractivity contribution in [3.63, 3.8) is 0 Å². The molecule has 0 saturated heterocycles. The minimum Gasteiger partial charge on any atom is -0.478 e. The third kappa shape index (κ3) is 2.53. The van der Waals surface area contributed by atoms with Gasteiger partial charge in [0, 0.05) is 16.7 Å². The summed E-state index contributed by atoms with van der Waals surface area (Å²) in [5.74, 6) is -0.718. The van der Waals surface area contributed by atoms with Crippen LogP contribution in [0.25, 0.3) is 22.3 Å². The molecular weight excluding hydrogens is 292 g/mol. The minimum absolute atomic E-state index is 0.131. The summed E-state index contributed by atoms with van der Waals surface area (Å²) in [5.41, 5.74) is 0.840. The Morgan fingerprint density at radius 3 is 2.67 bits per heavy atom. The van der Waals surface area contributed by atoms with Crippen LogP contribution >= 0.6 is 11.6 Å². The standard InChI is InChI=1S/C16H9ClO4/c17-11-4-5-14-12(7-11)13(18)8-15(21-14)9-2-1-3-10(6-9)16(19)20/h1-8H,(H,19,20).